The van der Waals surface area contributed by atoms with E-state index < -0.39 is 0 Å². The van der Waals surface area contributed by atoms with Crippen LogP contribution in [0.4, 0.5) is 5.69 Å². The minimum absolute atomic E-state index is 0.0697. The lowest BCUT2D eigenvalue weighted by Crippen LogP contribution is -2.11. The maximum atomic E-state index is 10.8. The first-order valence-electron chi connectivity index (χ1n) is 19.2. The summed E-state index contributed by atoms with van der Waals surface area (Å²) in [6.45, 7) is 10.9. The van der Waals surface area contributed by atoms with Crippen molar-refractivity contribution in [1.29, 1.82) is 0 Å². The molecule has 274 valence electrons. The molecule has 9 aromatic rings. The van der Waals surface area contributed by atoms with Crippen LogP contribution in [0.15, 0.2) is 161 Å². The van der Waals surface area contributed by atoms with Crippen molar-refractivity contribution >= 4 is 44.9 Å². The molecule has 1 N–H and O–H groups in total. The van der Waals surface area contributed by atoms with Gasteiger partial charge >= 0.3 is 0 Å². The largest absolute Gasteiger partial charge is 0.507 e. The second-order valence-electron chi connectivity index (χ2n) is 15.8. The third-order valence-corrected chi connectivity index (χ3v) is 10.8. The predicted octanol–water partition coefficient (Wildman–Crippen LogP) is 13.8. The number of aromatic nitrogens is 2. The summed E-state index contributed by atoms with van der Waals surface area (Å²) in [6.07, 6.45) is 1.75. The summed E-state index contributed by atoms with van der Waals surface area (Å²) in [5.74, 6) is 1.41. The van der Waals surface area contributed by atoms with Gasteiger partial charge in [-0.2, -0.15) is 0 Å². The Morgan fingerprint density at radius 2 is 1.41 bits per heavy atom. The third-order valence-electron chi connectivity index (χ3n) is 10.8. The van der Waals surface area contributed by atoms with Crippen LogP contribution < -0.4 is 0 Å². The van der Waals surface area contributed by atoms with Gasteiger partial charge in [-0.3, -0.25) is 9.56 Å². The van der Waals surface area contributed by atoms with Gasteiger partial charge in [0.1, 0.15) is 22.7 Å². The quantitative estimate of drug-likeness (QED) is 0.166. The van der Waals surface area contributed by atoms with E-state index in [1.54, 1.807) is 12.3 Å². The maximum Gasteiger partial charge on any atom is 0.147 e. The van der Waals surface area contributed by atoms with Crippen LogP contribution >= 0.6 is 0 Å². The van der Waals surface area contributed by atoms with Gasteiger partial charge in [0.2, 0.25) is 0 Å². The lowest BCUT2D eigenvalue weighted by Gasteiger charge is -2.19. The third kappa shape index (κ3) is 6.15. The fourth-order valence-electron chi connectivity index (χ4n) is 7.70. The minimum atomic E-state index is -0.0697. The Morgan fingerprint density at radius 3 is 2.20 bits per heavy atom. The molecule has 0 atom stereocenters. The molecule has 0 aliphatic carbocycles. The normalized spacial score (nSPS) is 12.2. The summed E-state index contributed by atoms with van der Waals surface area (Å²) in [6, 6.07) is 52.1. The Balaban J connectivity index is 1.25. The summed E-state index contributed by atoms with van der Waals surface area (Å²) >= 11 is 0. The zero-order valence-electron chi connectivity index (χ0n) is 32.3. The number of hydrogen-bond acceptors (Lipinski definition) is 4. The van der Waals surface area contributed by atoms with E-state index in [0.717, 1.165) is 83.6 Å². The second-order valence-corrected chi connectivity index (χ2v) is 15.8. The number of para-hydroxylation sites is 4. The molecule has 2 aromatic heterocycles. The fourth-order valence-corrected chi connectivity index (χ4v) is 7.70. The molecule has 0 radical (unpaired) electrons. The van der Waals surface area contributed by atoms with Gasteiger partial charge in [-0.15, -0.1) is 0 Å². The van der Waals surface area contributed by atoms with Crippen molar-refractivity contribution in [2.45, 2.75) is 46.0 Å². The summed E-state index contributed by atoms with van der Waals surface area (Å²) in [7, 11) is 0. The average Bonchev–Trinajstić information content (AvgIpc) is 3.80. The van der Waals surface area contributed by atoms with Gasteiger partial charge in [0.25, 0.3) is 0 Å². The van der Waals surface area contributed by atoms with Crippen LogP contribution in [-0.4, -0.2) is 20.9 Å². The Morgan fingerprint density at radius 1 is 0.696 bits per heavy atom. The van der Waals surface area contributed by atoms with Crippen molar-refractivity contribution in [1.82, 2.24) is 9.55 Å². The maximum absolute atomic E-state index is 10.8. The van der Waals surface area contributed by atoms with Crippen LogP contribution in [0, 0.1) is 0 Å². The molecule has 0 bridgehead atoms. The number of phenols is 1. The number of rotatable bonds is 7. The van der Waals surface area contributed by atoms with Crippen LogP contribution in [0.5, 0.6) is 5.75 Å². The first-order valence-corrected chi connectivity index (χ1v) is 19.2. The summed E-state index contributed by atoms with van der Waals surface area (Å²) < 4.78 is 8.99. The van der Waals surface area contributed by atoms with Crippen molar-refractivity contribution in [3.8, 4) is 45.1 Å². The highest BCUT2D eigenvalue weighted by Gasteiger charge is 2.23. The van der Waals surface area contributed by atoms with Gasteiger partial charge < -0.3 is 9.52 Å². The summed E-state index contributed by atoms with van der Waals surface area (Å²) in [4.78, 5) is 10.5. The summed E-state index contributed by atoms with van der Waals surface area (Å²) in [5, 5.41) is 13.0. The molecule has 0 spiro atoms. The number of aromatic hydroxyl groups is 1. The fraction of sp³-hybridized carbons (Fsp3) is 0.137. The molecular weight excluding hydrogens is 687 g/mol. The summed E-state index contributed by atoms with van der Waals surface area (Å²) in [5.41, 5.74) is 13.4. The van der Waals surface area contributed by atoms with Crippen molar-refractivity contribution < 1.29 is 9.52 Å². The number of benzene rings is 7. The van der Waals surface area contributed by atoms with E-state index in [9.17, 15) is 5.11 Å². The molecule has 0 saturated heterocycles. The van der Waals surface area contributed by atoms with E-state index in [4.69, 9.17) is 14.4 Å². The predicted molar refractivity (Wildman–Crippen MR) is 233 cm³/mol. The Kier molecular flexibility index (Phi) is 8.66. The number of hydrogen-bond donors (Lipinski definition) is 1. The van der Waals surface area contributed by atoms with Gasteiger partial charge in [0.15, 0.2) is 0 Å². The molecule has 0 aliphatic heterocycles. The van der Waals surface area contributed by atoms with Gasteiger partial charge in [-0.25, -0.2) is 4.98 Å². The Labute approximate surface area is 327 Å². The number of furan rings is 1. The van der Waals surface area contributed by atoms with Gasteiger partial charge in [0, 0.05) is 44.9 Å². The molecule has 5 heteroatoms. The lowest BCUT2D eigenvalue weighted by molar-refractivity contribution is 0.473. The number of nitrogens with zero attached hydrogens (tertiary/aromatic N) is 3. The standard InChI is InChI=1S/C51H43N3O2/c1-32(2)33-22-24-34(25-23-33)38-27-28-40(49-47(38)42-17-10-12-21-46(42)56-49)39-18-13-20-44-48(39)53-50(54(44)37-14-7-6-8-15-37)41-16-9-11-19-43(41)52-31-35-30-36(51(3,4)5)26-29-45(35)55/h6-32,55H,1-5H3. The van der Waals surface area contributed by atoms with E-state index >= 15 is 0 Å². The molecule has 0 amide bonds. The number of phenolic OH excluding ortho intramolecular Hbond substituents is 1. The van der Waals surface area contributed by atoms with E-state index in [-0.39, 0.29) is 11.2 Å². The molecule has 0 aliphatic rings. The molecule has 0 unspecified atom stereocenters. The van der Waals surface area contributed by atoms with E-state index in [1.165, 1.54) is 5.56 Å². The first kappa shape index (κ1) is 35.0. The lowest BCUT2D eigenvalue weighted by atomic mass is 9.86. The SMILES string of the molecule is CC(C)c1ccc(-c2ccc(-c3cccc4c3nc(-c3ccccc3N=Cc3cc(C(C)(C)C)ccc3O)n4-c3ccccc3)c3oc4ccccc4c23)cc1. The molecule has 56 heavy (non-hydrogen) atoms. The van der Waals surface area contributed by atoms with E-state index in [2.05, 4.69) is 124 Å². The van der Waals surface area contributed by atoms with Crippen molar-refractivity contribution in [2.24, 2.45) is 4.99 Å². The van der Waals surface area contributed by atoms with Gasteiger partial charge in [-0.05, 0) is 88.2 Å². The number of aliphatic imine (C=N–C) groups is 1. The highest BCUT2D eigenvalue weighted by Crippen LogP contribution is 2.44. The molecule has 2 heterocycles. The second kappa shape index (κ2) is 13.8. The highest BCUT2D eigenvalue weighted by atomic mass is 16.3. The zero-order chi connectivity index (χ0) is 38.6. The van der Waals surface area contributed by atoms with Gasteiger partial charge in [-0.1, -0.05) is 132 Å². The van der Waals surface area contributed by atoms with Crippen molar-refractivity contribution in [3.63, 3.8) is 0 Å². The van der Waals surface area contributed by atoms with E-state index in [0.29, 0.717) is 11.5 Å². The molecular formula is C51H43N3O2. The zero-order valence-corrected chi connectivity index (χ0v) is 32.3. The van der Waals surface area contributed by atoms with Crippen molar-refractivity contribution in [2.75, 3.05) is 0 Å². The first-order chi connectivity index (χ1) is 27.2. The van der Waals surface area contributed by atoms with Crippen LogP contribution in [0.2, 0.25) is 0 Å². The monoisotopic (exact) mass is 729 g/mol. The van der Waals surface area contributed by atoms with Crippen molar-refractivity contribution in [3.05, 3.63) is 168 Å². The number of imidazole rings is 1. The van der Waals surface area contributed by atoms with Crippen LogP contribution in [0.3, 0.4) is 0 Å². The molecule has 7 aromatic carbocycles. The van der Waals surface area contributed by atoms with Gasteiger partial charge in [0.05, 0.1) is 16.7 Å². The highest BCUT2D eigenvalue weighted by molar-refractivity contribution is 6.17. The topological polar surface area (TPSA) is 63.6 Å². The molecule has 0 saturated carbocycles. The molecule has 9 rings (SSSR count). The Hall–Kier alpha value is -6.72. The molecule has 0 fully saturated rings. The van der Waals surface area contributed by atoms with Crippen LogP contribution in [0.1, 0.15) is 57.2 Å². The average molecular weight is 730 g/mol. The smallest absolute Gasteiger partial charge is 0.147 e. The minimum Gasteiger partial charge on any atom is -0.507 e. The number of fused-ring (bicyclic) bond motifs is 4. The molecule has 5 nitrogen and oxygen atoms in total. The van der Waals surface area contributed by atoms with E-state index in [1.807, 2.05) is 60.7 Å². The Bertz CT molecular complexity index is 2920. The van der Waals surface area contributed by atoms with Crippen LogP contribution in [0.25, 0.3) is 72.3 Å². The van der Waals surface area contributed by atoms with Crippen LogP contribution in [-0.2, 0) is 5.41 Å².